The number of carbonyl (C=O) groups excluding carboxylic acids is 2. The van der Waals surface area contributed by atoms with E-state index in [9.17, 15) is 9.59 Å². The molecule has 0 bridgehead atoms. The first-order valence-corrected chi connectivity index (χ1v) is 6.60. The number of amides is 2. The van der Waals surface area contributed by atoms with Crippen LogP contribution in [0.15, 0.2) is 30.3 Å². The molecule has 2 aliphatic rings. The summed E-state index contributed by atoms with van der Waals surface area (Å²) in [5.74, 6) is -0.185. The predicted molar refractivity (Wildman–Crippen MR) is 70.3 cm³/mol. The summed E-state index contributed by atoms with van der Waals surface area (Å²) < 4.78 is 0. The van der Waals surface area contributed by atoms with Gasteiger partial charge in [-0.1, -0.05) is 30.3 Å². The Hall–Kier alpha value is -1.88. The molecule has 1 atom stereocenters. The molecule has 0 radical (unpaired) electrons. The number of piperazine rings is 1. The van der Waals surface area contributed by atoms with Gasteiger partial charge in [-0.15, -0.1) is 0 Å². The minimum Gasteiger partial charge on any atom is -0.340 e. The zero-order valence-electron chi connectivity index (χ0n) is 10.6. The third kappa shape index (κ3) is 2.10. The lowest BCUT2D eigenvalue weighted by Crippen LogP contribution is -2.69. The highest BCUT2D eigenvalue weighted by molar-refractivity contribution is 6.00. The summed E-state index contributed by atoms with van der Waals surface area (Å²) in [5.41, 5.74) is 0.102. The Morgan fingerprint density at radius 3 is 2.42 bits per heavy atom. The minimum atomic E-state index is -0.715. The summed E-state index contributed by atoms with van der Waals surface area (Å²) in [6.45, 7) is 1.51. The van der Waals surface area contributed by atoms with Crippen molar-refractivity contribution >= 4 is 11.8 Å². The summed E-state index contributed by atoms with van der Waals surface area (Å²) in [4.78, 5) is 24.6. The second-order valence-corrected chi connectivity index (χ2v) is 5.14. The smallest absolute Gasteiger partial charge is 0.248 e. The first kappa shape index (κ1) is 12.2. The molecule has 2 fully saturated rings. The minimum absolute atomic E-state index is 0.0672. The zero-order valence-corrected chi connectivity index (χ0v) is 10.6. The number of hydrogen-bond donors (Lipinski definition) is 3. The molecule has 1 spiro atoms. The third-order valence-corrected chi connectivity index (χ3v) is 3.92. The van der Waals surface area contributed by atoms with Gasteiger partial charge in [0.25, 0.3) is 0 Å². The second kappa shape index (κ2) is 4.66. The number of hydrogen-bond acceptors (Lipinski definition) is 3. The maximum Gasteiger partial charge on any atom is 0.248 e. The van der Waals surface area contributed by atoms with Crippen LogP contribution in [-0.2, 0) is 9.59 Å². The van der Waals surface area contributed by atoms with E-state index < -0.39 is 11.6 Å². The van der Waals surface area contributed by atoms with Crippen LogP contribution in [0.3, 0.4) is 0 Å². The molecule has 0 aromatic heterocycles. The van der Waals surface area contributed by atoms with Crippen LogP contribution >= 0.6 is 0 Å². The monoisotopic (exact) mass is 259 g/mol. The van der Waals surface area contributed by atoms with Crippen molar-refractivity contribution in [3.05, 3.63) is 35.9 Å². The summed E-state index contributed by atoms with van der Waals surface area (Å²) in [6.07, 6.45) is 1.29. The Morgan fingerprint density at radius 1 is 1.05 bits per heavy atom. The van der Waals surface area contributed by atoms with E-state index in [1.54, 1.807) is 0 Å². The number of rotatable bonds is 1. The second-order valence-electron chi connectivity index (χ2n) is 5.14. The average molecular weight is 259 g/mol. The van der Waals surface area contributed by atoms with Gasteiger partial charge in [0.05, 0.1) is 0 Å². The van der Waals surface area contributed by atoms with Gasteiger partial charge in [-0.2, -0.15) is 0 Å². The molecule has 2 heterocycles. The van der Waals surface area contributed by atoms with Crippen LogP contribution in [0.2, 0.25) is 0 Å². The van der Waals surface area contributed by atoms with Crippen LogP contribution in [-0.4, -0.2) is 30.4 Å². The maximum atomic E-state index is 12.3. The van der Waals surface area contributed by atoms with Crippen molar-refractivity contribution in [3.8, 4) is 0 Å². The van der Waals surface area contributed by atoms with Crippen LogP contribution in [0.1, 0.15) is 24.4 Å². The van der Waals surface area contributed by atoms with Crippen molar-refractivity contribution < 1.29 is 9.59 Å². The fourth-order valence-electron chi connectivity index (χ4n) is 2.79. The van der Waals surface area contributed by atoms with Gasteiger partial charge in [-0.3, -0.25) is 9.59 Å². The molecular formula is C14H17N3O2. The van der Waals surface area contributed by atoms with Crippen molar-refractivity contribution in [1.29, 1.82) is 0 Å². The lowest BCUT2D eigenvalue weighted by atomic mass is 9.84. The van der Waals surface area contributed by atoms with E-state index >= 15 is 0 Å². The van der Waals surface area contributed by atoms with Crippen LogP contribution in [0.25, 0.3) is 0 Å². The normalized spacial score (nSPS) is 25.8. The molecule has 1 aromatic carbocycles. The molecule has 0 aliphatic carbocycles. The Kier molecular flexibility index (Phi) is 2.98. The highest BCUT2D eigenvalue weighted by Gasteiger charge is 2.47. The quantitative estimate of drug-likeness (QED) is 0.670. The van der Waals surface area contributed by atoms with Crippen molar-refractivity contribution in [2.24, 2.45) is 0 Å². The van der Waals surface area contributed by atoms with Crippen molar-refractivity contribution in [2.75, 3.05) is 13.1 Å². The number of benzene rings is 1. The molecule has 19 heavy (non-hydrogen) atoms. The van der Waals surface area contributed by atoms with E-state index in [1.165, 1.54) is 0 Å². The van der Waals surface area contributed by atoms with Gasteiger partial charge in [-0.25, -0.2) is 0 Å². The summed E-state index contributed by atoms with van der Waals surface area (Å²) >= 11 is 0. The van der Waals surface area contributed by atoms with E-state index in [2.05, 4.69) is 16.0 Å². The summed E-state index contributed by atoms with van der Waals surface area (Å²) in [7, 11) is 0. The van der Waals surface area contributed by atoms with Crippen LogP contribution in [0.4, 0.5) is 0 Å². The van der Waals surface area contributed by atoms with Gasteiger partial charge < -0.3 is 16.0 Å². The lowest BCUT2D eigenvalue weighted by Gasteiger charge is -2.42. The summed E-state index contributed by atoms with van der Waals surface area (Å²) in [5, 5.41) is 9.01. The topological polar surface area (TPSA) is 70.2 Å². The van der Waals surface area contributed by atoms with E-state index in [4.69, 9.17) is 0 Å². The highest BCUT2D eigenvalue weighted by Crippen LogP contribution is 2.26. The molecule has 1 aromatic rings. The number of nitrogens with one attached hydrogen (secondary N) is 3. The first-order chi connectivity index (χ1) is 9.21. The largest absolute Gasteiger partial charge is 0.340 e. The summed E-state index contributed by atoms with van der Waals surface area (Å²) in [6, 6.07) is 8.75. The molecule has 5 nitrogen and oxygen atoms in total. The van der Waals surface area contributed by atoms with Gasteiger partial charge in [-0.05, 0) is 31.5 Å². The zero-order chi connectivity index (χ0) is 13.3. The standard InChI is InChI=1S/C14H17N3O2/c18-12-11(10-4-2-1-3-5-10)16-13(19)14(17-12)6-8-15-9-7-14/h1-5,11,15H,6-9H2,(H,16,19)(H,17,18). The number of piperidine rings is 1. The molecule has 3 rings (SSSR count). The molecule has 100 valence electrons. The Morgan fingerprint density at radius 2 is 1.74 bits per heavy atom. The van der Waals surface area contributed by atoms with Gasteiger partial charge in [0, 0.05) is 0 Å². The van der Waals surface area contributed by atoms with E-state index in [0.717, 1.165) is 18.7 Å². The van der Waals surface area contributed by atoms with Gasteiger partial charge in [0.1, 0.15) is 11.6 Å². The average Bonchev–Trinajstić information content (AvgIpc) is 2.45. The Labute approximate surface area is 111 Å². The number of carbonyl (C=O) groups is 2. The Balaban J connectivity index is 1.83. The van der Waals surface area contributed by atoms with Crippen LogP contribution in [0.5, 0.6) is 0 Å². The van der Waals surface area contributed by atoms with Crippen LogP contribution in [0, 0.1) is 0 Å². The lowest BCUT2D eigenvalue weighted by molar-refractivity contribution is -0.143. The van der Waals surface area contributed by atoms with Crippen molar-refractivity contribution in [3.63, 3.8) is 0 Å². The molecule has 2 aliphatic heterocycles. The van der Waals surface area contributed by atoms with Gasteiger partial charge in [0.2, 0.25) is 11.8 Å². The van der Waals surface area contributed by atoms with Crippen LogP contribution < -0.4 is 16.0 Å². The third-order valence-electron chi connectivity index (χ3n) is 3.92. The van der Waals surface area contributed by atoms with Crippen molar-refractivity contribution in [1.82, 2.24) is 16.0 Å². The SMILES string of the molecule is O=C1NC2(CCNCC2)C(=O)NC1c1ccccc1. The Bertz CT molecular complexity index is 495. The molecule has 2 amide bonds. The molecule has 0 saturated carbocycles. The fraction of sp³-hybridized carbons (Fsp3) is 0.429. The van der Waals surface area contributed by atoms with Gasteiger partial charge in [0.15, 0.2) is 0 Å². The van der Waals surface area contributed by atoms with Crippen molar-refractivity contribution in [2.45, 2.75) is 24.4 Å². The predicted octanol–water partition coefficient (Wildman–Crippen LogP) is 0.0959. The van der Waals surface area contributed by atoms with Gasteiger partial charge >= 0.3 is 0 Å². The van der Waals surface area contributed by atoms with E-state index in [0.29, 0.717) is 12.8 Å². The highest BCUT2D eigenvalue weighted by atomic mass is 16.2. The molecular weight excluding hydrogens is 242 g/mol. The first-order valence-electron chi connectivity index (χ1n) is 6.60. The molecule has 1 unspecified atom stereocenters. The molecule has 2 saturated heterocycles. The van der Waals surface area contributed by atoms with E-state index in [1.807, 2.05) is 30.3 Å². The maximum absolute atomic E-state index is 12.3. The fourth-order valence-corrected chi connectivity index (χ4v) is 2.79. The molecule has 5 heteroatoms. The molecule has 3 N–H and O–H groups in total. The van der Waals surface area contributed by atoms with E-state index in [-0.39, 0.29) is 11.8 Å².